The van der Waals surface area contributed by atoms with Crippen LogP contribution < -0.4 is 20.4 Å². The van der Waals surface area contributed by atoms with Crippen LogP contribution in [-0.4, -0.2) is 67.4 Å². The third-order valence-electron chi connectivity index (χ3n) is 5.76. The van der Waals surface area contributed by atoms with Crippen molar-refractivity contribution in [3.8, 4) is 0 Å². The molecule has 2 saturated heterocycles. The van der Waals surface area contributed by atoms with Gasteiger partial charge in [0.05, 0.1) is 30.5 Å². The van der Waals surface area contributed by atoms with Crippen molar-refractivity contribution in [2.24, 2.45) is 0 Å². The highest BCUT2D eigenvalue weighted by Gasteiger charge is 2.20. The summed E-state index contributed by atoms with van der Waals surface area (Å²) in [7, 11) is 0. The van der Waals surface area contributed by atoms with Crippen LogP contribution >= 0.6 is 11.3 Å². The Bertz CT molecular complexity index is 1020. The van der Waals surface area contributed by atoms with Crippen molar-refractivity contribution >= 4 is 44.8 Å². The lowest BCUT2D eigenvalue weighted by Crippen LogP contribution is -2.44. The highest BCUT2D eigenvalue weighted by atomic mass is 32.1. The number of aromatic nitrogens is 3. The molecule has 3 aromatic rings. The number of nitrogens with zero attached hydrogens (tertiary/aromatic N) is 5. The minimum atomic E-state index is 0.756. The van der Waals surface area contributed by atoms with Gasteiger partial charge in [0.15, 0.2) is 0 Å². The third-order valence-corrected chi connectivity index (χ3v) is 6.86. The van der Waals surface area contributed by atoms with Crippen LogP contribution in [0.2, 0.25) is 0 Å². The minimum absolute atomic E-state index is 0.756. The van der Waals surface area contributed by atoms with E-state index in [1.807, 2.05) is 6.20 Å². The molecule has 0 unspecified atom stereocenters. The number of anilines is 4. The van der Waals surface area contributed by atoms with E-state index in [9.17, 15) is 0 Å². The van der Waals surface area contributed by atoms with Crippen molar-refractivity contribution in [1.82, 2.24) is 20.3 Å². The van der Waals surface area contributed by atoms with Crippen molar-refractivity contribution < 1.29 is 4.74 Å². The van der Waals surface area contributed by atoms with Gasteiger partial charge in [-0.05, 0) is 31.5 Å². The standard InChI is InChI=1S/C21H27N7OS/c1-14-15(2)30-20-18(14)19(25-21(26-20)28-7-5-22-6-8-28)24-16-3-4-17(23-13-16)27-9-11-29-12-10-27/h3-4,13,22H,5-12H2,1-2H3,(H,24,25,26). The third kappa shape index (κ3) is 3.80. The van der Waals surface area contributed by atoms with Crippen LogP contribution in [0.3, 0.4) is 0 Å². The van der Waals surface area contributed by atoms with Crippen molar-refractivity contribution in [1.29, 1.82) is 0 Å². The van der Waals surface area contributed by atoms with Gasteiger partial charge in [-0.2, -0.15) is 4.98 Å². The number of morpholine rings is 1. The summed E-state index contributed by atoms with van der Waals surface area (Å²) in [4.78, 5) is 21.3. The maximum Gasteiger partial charge on any atom is 0.228 e. The number of nitrogens with one attached hydrogen (secondary N) is 2. The zero-order valence-electron chi connectivity index (χ0n) is 17.4. The summed E-state index contributed by atoms with van der Waals surface area (Å²) < 4.78 is 5.44. The maximum atomic E-state index is 5.44. The number of piperazine rings is 1. The number of hydrogen-bond donors (Lipinski definition) is 2. The molecule has 0 atom stereocenters. The number of fused-ring (bicyclic) bond motifs is 1. The molecule has 0 aromatic carbocycles. The van der Waals surface area contributed by atoms with Gasteiger partial charge in [0.2, 0.25) is 5.95 Å². The summed E-state index contributed by atoms with van der Waals surface area (Å²) in [6.07, 6.45) is 1.89. The predicted octanol–water partition coefficient (Wildman–Crippen LogP) is 2.69. The SMILES string of the molecule is Cc1sc2nc(N3CCNCC3)nc(Nc3ccc(N4CCOCC4)nc3)c2c1C. The second-order valence-electron chi connectivity index (χ2n) is 7.70. The maximum absolute atomic E-state index is 5.44. The first-order valence-electron chi connectivity index (χ1n) is 10.5. The van der Waals surface area contributed by atoms with Crippen LogP contribution in [0.5, 0.6) is 0 Å². The van der Waals surface area contributed by atoms with Crippen molar-refractivity contribution in [3.05, 3.63) is 28.8 Å². The summed E-state index contributed by atoms with van der Waals surface area (Å²) in [5, 5.41) is 8.01. The number of pyridine rings is 1. The van der Waals surface area contributed by atoms with Gasteiger partial charge in [-0.3, -0.25) is 0 Å². The fraction of sp³-hybridized carbons (Fsp3) is 0.476. The Morgan fingerprint density at radius 2 is 1.83 bits per heavy atom. The molecule has 0 bridgehead atoms. The summed E-state index contributed by atoms with van der Waals surface area (Å²) >= 11 is 1.74. The monoisotopic (exact) mass is 425 g/mol. The van der Waals surface area contributed by atoms with Gasteiger partial charge in [-0.1, -0.05) is 0 Å². The number of thiophene rings is 1. The van der Waals surface area contributed by atoms with Crippen LogP contribution in [0.4, 0.5) is 23.3 Å². The summed E-state index contributed by atoms with van der Waals surface area (Å²) in [6.45, 7) is 11.3. The molecule has 2 fully saturated rings. The van der Waals surface area contributed by atoms with E-state index in [0.717, 1.165) is 86.0 Å². The van der Waals surface area contributed by atoms with Gasteiger partial charge in [-0.25, -0.2) is 9.97 Å². The van der Waals surface area contributed by atoms with Crippen molar-refractivity contribution in [2.45, 2.75) is 13.8 Å². The topological polar surface area (TPSA) is 78.4 Å². The molecule has 0 saturated carbocycles. The van der Waals surface area contributed by atoms with Gasteiger partial charge in [0.1, 0.15) is 16.5 Å². The molecule has 0 amide bonds. The molecule has 3 aromatic heterocycles. The molecular formula is C21H27N7OS. The van der Waals surface area contributed by atoms with Gasteiger partial charge in [0.25, 0.3) is 0 Å². The van der Waals surface area contributed by atoms with E-state index in [1.165, 1.54) is 10.4 Å². The van der Waals surface area contributed by atoms with E-state index in [0.29, 0.717) is 0 Å². The lowest BCUT2D eigenvalue weighted by Gasteiger charge is -2.28. The Morgan fingerprint density at radius 1 is 1.03 bits per heavy atom. The molecule has 0 radical (unpaired) electrons. The highest BCUT2D eigenvalue weighted by molar-refractivity contribution is 7.18. The van der Waals surface area contributed by atoms with Crippen LogP contribution in [0.25, 0.3) is 10.2 Å². The van der Waals surface area contributed by atoms with E-state index in [-0.39, 0.29) is 0 Å². The lowest BCUT2D eigenvalue weighted by atomic mass is 10.2. The fourth-order valence-corrected chi connectivity index (χ4v) is 4.94. The Balaban J connectivity index is 1.46. The highest BCUT2D eigenvalue weighted by Crippen LogP contribution is 2.36. The van der Waals surface area contributed by atoms with Gasteiger partial charge < -0.3 is 25.2 Å². The molecule has 9 heteroatoms. The minimum Gasteiger partial charge on any atom is -0.378 e. The summed E-state index contributed by atoms with van der Waals surface area (Å²) in [5.74, 6) is 2.64. The average molecular weight is 426 g/mol. The Hall–Kier alpha value is -2.49. The molecule has 158 valence electrons. The van der Waals surface area contributed by atoms with E-state index in [4.69, 9.17) is 14.7 Å². The van der Waals surface area contributed by atoms with Crippen LogP contribution in [0, 0.1) is 13.8 Å². The number of aryl methyl sites for hydroxylation is 2. The number of rotatable bonds is 4. The Labute approximate surface area is 180 Å². The first kappa shape index (κ1) is 19.5. The first-order valence-corrected chi connectivity index (χ1v) is 11.3. The smallest absolute Gasteiger partial charge is 0.228 e. The predicted molar refractivity (Wildman–Crippen MR) is 123 cm³/mol. The number of hydrogen-bond acceptors (Lipinski definition) is 9. The van der Waals surface area contributed by atoms with Gasteiger partial charge in [0, 0.05) is 44.1 Å². The molecule has 0 aliphatic carbocycles. The van der Waals surface area contributed by atoms with Crippen LogP contribution in [0.1, 0.15) is 10.4 Å². The molecule has 5 rings (SSSR count). The molecule has 2 N–H and O–H groups in total. The average Bonchev–Trinajstić information content (AvgIpc) is 3.09. The lowest BCUT2D eigenvalue weighted by molar-refractivity contribution is 0.122. The van der Waals surface area contributed by atoms with E-state index < -0.39 is 0 Å². The van der Waals surface area contributed by atoms with Crippen LogP contribution in [-0.2, 0) is 4.74 Å². The van der Waals surface area contributed by atoms with Crippen LogP contribution in [0.15, 0.2) is 18.3 Å². The zero-order chi connectivity index (χ0) is 20.5. The molecule has 2 aliphatic heterocycles. The Kier molecular flexibility index (Phi) is 5.41. The summed E-state index contributed by atoms with van der Waals surface area (Å²) in [6, 6.07) is 4.14. The normalized spacial score (nSPS) is 17.5. The fourth-order valence-electron chi connectivity index (χ4n) is 3.91. The van der Waals surface area contributed by atoms with Crippen molar-refractivity contribution in [2.75, 3.05) is 67.6 Å². The molecular weight excluding hydrogens is 398 g/mol. The second kappa shape index (κ2) is 8.33. The van der Waals surface area contributed by atoms with Gasteiger partial charge >= 0.3 is 0 Å². The van der Waals surface area contributed by atoms with E-state index >= 15 is 0 Å². The van der Waals surface area contributed by atoms with Gasteiger partial charge in [-0.15, -0.1) is 11.3 Å². The van der Waals surface area contributed by atoms with Crippen molar-refractivity contribution in [3.63, 3.8) is 0 Å². The Morgan fingerprint density at radius 3 is 2.57 bits per heavy atom. The number of ether oxygens (including phenoxy) is 1. The molecule has 2 aliphatic rings. The molecule has 0 spiro atoms. The quantitative estimate of drug-likeness (QED) is 0.661. The molecule has 5 heterocycles. The largest absolute Gasteiger partial charge is 0.378 e. The molecule has 30 heavy (non-hydrogen) atoms. The molecule has 8 nitrogen and oxygen atoms in total. The van der Waals surface area contributed by atoms with E-state index in [1.54, 1.807) is 11.3 Å². The summed E-state index contributed by atoms with van der Waals surface area (Å²) in [5.41, 5.74) is 2.17. The first-order chi connectivity index (χ1) is 14.7. The van der Waals surface area contributed by atoms with E-state index in [2.05, 4.69) is 51.4 Å². The second-order valence-corrected chi connectivity index (χ2v) is 8.91. The zero-order valence-corrected chi connectivity index (χ0v) is 18.3.